The van der Waals surface area contributed by atoms with Crippen LogP contribution in [0.1, 0.15) is 34.1 Å². The van der Waals surface area contributed by atoms with Gasteiger partial charge < -0.3 is 5.11 Å². The van der Waals surface area contributed by atoms with Crippen molar-refractivity contribution in [3.8, 4) is 0 Å². The van der Waals surface area contributed by atoms with Crippen molar-refractivity contribution in [1.82, 2.24) is 4.90 Å². The van der Waals surface area contributed by atoms with Crippen LogP contribution in [0.25, 0.3) is 0 Å². The maximum absolute atomic E-state index is 9.71. The molecular weight excluding hydrogens is 138 g/mol. The largest absolute Gasteiger partial charge is 0.387 e. The fraction of sp³-hybridized carbons (Fsp3) is 1.00. The van der Waals surface area contributed by atoms with Crippen LogP contribution in [0.3, 0.4) is 0 Å². The van der Waals surface area contributed by atoms with E-state index in [0.29, 0.717) is 0 Å². The first kappa shape index (κ1) is 9.01. The Morgan fingerprint density at radius 1 is 1.36 bits per heavy atom. The van der Waals surface area contributed by atoms with Crippen LogP contribution in [0.2, 0.25) is 0 Å². The monoisotopic (exact) mass is 157 g/mol. The summed E-state index contributed by atoms with van der Waals surface area (Å²) in [6.07, 6.45) is 0.875. The molecular formula is C9H19NO. The second kappa shape index (κ2) is 2.46. The van der Waals surface area contributed by atoms with E-state index in [4.69, 9.17) is 0 Å². The summed E-state index contributed by atoms with van der Waals surface area (Å²) in [5.41, 5.74) is -0.158. The van der Waals surface area contributed by atoms with Gasteiger partial charge in [-0.1, -0.05) is 6.92 Å². The van der Waals surface area contributed by atoms with Gasteiger partial charge in [0.1, 0.15) is 0 Å². The third-order valence-corrected chi connectivity index (χ3v) is 2.58. The second-order valence-electron chi connectivity index (χ2n) is 4.60. The van der Waals surface area contributed by atoms with Crippen molar-refractivity contribution in [2.45, 2.75) is 45.3 Å². The molecule has 0 radical (unpaired) electrons. The third kappa shape index (κ3) is 1.74. The average Bonchev–Trinajstić information content (AvgIpc) is 1.78. The lowest BCUT2D eigenvalue weighted by atomic mass is 9.86. The zero-order chi connectivity index (χ0) is 8.70. The topological polar surface area (TPSA) is 23.5 Å². The molecule has 0 saturated carbocycles. The van der Waals surface area contributed by atoms with Gasteiger partial charge in [0, 0.05) is 18.6 Å². The number of rotatable bonds is 1. The number of hydrogen-bond acceptors (Lipinski definition) is 2. The highest BCUT2D eigenvalue weighted by Gasteiger charge is 2.43. The molecule has 0 aromatic rings. The summed E-state index contributed by atoms with van der Waals surface area (Å²) in [7, 11) is 0. The van der Waals surface area contributed by atoms with Gasteiger partial charge in [-0.25, -0.2) is 0 Å². The average molecular weight is 157 g/mol. The molecule has 0 aromatic carbocycles. The maximum Gasteiger partial charge on any atom is 0.0898 e. The summed E-state index contributed by atoms with van der Waals surface area (Å²) in [4.78, 5) is 2.30. The minimum Gasteiger partial charge on any atom is -0.387 e. The minimum atomic E-state index is -0.382. The smallest absolute Gasteiger partial charge is 0.0898 e. The van der Waals surface area contributed by atoms with E-state index >= 15 is 0 Å². The summed E-state index contributed by atoms with van der Waals surface area (Å²) in [5.74, 6) is 0. The summed E-state index contributed by atoms with van der Waals surface area (Å²) in [6.45, 7) is 10.3. The molecule has 1 fully saturated rings. The van der Waals surface area contributed by atoms with E-state index in [1.54, 1.807) is 0 Å². The van der Waals surface area contributed by atoms with Crippen LogP contribution in [0.15, 0.2) is 0 Å². The van der Waals surface area contributed by atoms with Gasteiger partial charge in [0.2, 0.25) is 0 Å². The van der Waals surface area contributed by atoms with Crippen molar-refractivity contribution in [3.63, 3.8) is 0 Å². The van der Waals surface area contributed by atoms with Crippen molar-refractivity contribution < 1.29 is 5.11 Å². The molecule has 1 N–H and O–H groups in total. The fourth-order valence-corrected chi connectivity index (χ4v) is 1.36. The molecule has 2 heteroatoms. The lowest BCUT2D eigenvalue weighted by Gasteiger charge is -2.52. The fourth-order valence-electron chi connectivity index (χ4n) is 1.36. The number of hydrogen-bond donors (Lipinski definition) is 1. The number of likely N-dealkylation sites (tertiary alicyclic amines) is 1. The number of β-amino-alcohol motifs (C(OH)–C–C–N with tert-alkyl or cyclic N) is 1. The summed E-state index contributed by atoms with van der Waals surface area (Å²) >= 11 is 0. The number of nitrogens with zero attached hydrogens (tertiary/aromatic N) is 1. The first-order valence-electron chi connectivity index (χ1n) is 4.35. The molecule has 0 atom stereocenters. The first-order valence-corrected chi connectivity index (χ1v) is 4.35. The Labute approximate surface area is 69.2 Å². The van der Waals surface area contributed by atoms with Gasteiger partial charge in [-0.05, 0) is 27.2 Å². The lowest BCUT2D eigenvalue weighted by molar-refractivity contribution is -0.132. The van der Waals surface area contributed by atoms with Crippen LogP contribution < -0.4 is 0 Å². The molecule has 66 valence electrons. The molecule has 0 spiro atoms. The van der Waals surface area contributed by atoms with Crippen LogP contribution in [0.5, 0.6) is 0 Å². The van der Waals surface area contributed by atoms with Crippen LogP contribution in [-0.4, -0.2) is 34.2 Å². The Morgan fingerprint density at radius 2 is 1.82 bits per heavy atom. The molecule has 11 heavy (non-hydrogen) atoms. The van der Waals surface area contributed by atoms with E-state index < -0.39 is 0 Å². The third-order valence-electron chi connectivity index (χ3n) is 2.58. The molecule has 1 aliphatic rings. The Hall–Kier alpha value is -0.0800. The van der Waals surface area contributed by atoms with E-state index in [1.165, 1.54) is 0 Å². The van der Waals surface area contributed by atoms with Gasteiger partial charge in [0.25, 0.3) is 0 Å². The Balaban J connectivity index is 2.40. The Bertz CT molecular complexity index is 142. The van der Waals surface area contributed by atoms with Crippen molar-refractivity contribution in [1.29, 1.82) is 0 Å². The first-order chi connectivity index (χ1) is 4.87. The van der Waals surface area contributed by atoms with Crippen LogP contribution >= 0.6 is 0 Å². The zero-order valence-electron chi connectivity index (χ0n) is 8.02. The van der Waals surface area contributed by atoms with Crippen LogP contribution in [0, 0.1) is 0 Å². The van der Waals surface area contributed by atoms with E-state index in [2.05, 4.69) is 25.7 Å². The highest BCUT2D eigenvalue weighted by atomic mass is 16.3. The van der Waals surface area contributed by atoms with Gasteiger partial charge >= 0.3 is 0 Å². The molecule has 0 amide bonds. The maximum atomic E-state index is 9.71. The highest BCUT2D eigenvalue weighted by Crippen LogP contribution is 2.30. The SMILES string of the molecule is CCC1(O)CN(C(C)(C)C)C1. The quantitative estimate of drug-likeness (QED) is 0.619. The van der Waals surface area contributed by atoms with E-state index in [9.17, 15) is 5.11 Å². The van der Waals surface area contributed by atoms with Gasteiger partial charge in [-0.3, -0.25) is 4.90 Å². The normalized spacial score (nSPS) is 24.8. The summed E-state index contributed by atoms with van der Waals surface area (Å²) in [6, 6.07) is 0. The van der Waals surface area contributed by atoms with Gasteiger partial charge in [-0.15, -0.1) is 0 Å². The van der Waals surface area contributed by atoms with E-state index in [1.807, 2.05) is 6.92 Å². The molecule has 0 unspecified atom stereocenters. The molecule has 2 nitrogen and oxygen atoms in total. The zero-order valence-corrected chi connectivity index (χ0v) is 8.02. The molecule has 1 aliphatic heterocycles. The second-order valence-corrected chi connectivity index (χ2v) is 4.60. The Kier molecular flexibility index (Phi) is 2.01. The number of aliphatic hydroxyl groups is 1. The van der Waals surface area contributed by atoms with Gasteiger partial charge in [0.15, 0.2) is 0 Å². The van der Waals surface area contributed by atoms with Gasteiger partial charge in [0.05, 0.1) is 5.60 Å². The van der Waals surface area contributed by atoms with E-state index in [-0.39, 0.29) is 11.1 Å². The molecule has 0 aliphatic carbocycles. The minimum absolute atomic E-state index is 0.224. The lowest BCUT2D eigenvalue weighted by Crippen LogP contribution is -2.66. The van der Waals surface area contributed by atoms with Crippen molar-refractivity contribution in [2.75, 3.05) is 13.1 Å². The standard InChI is InChI=1S/C9H19NO/c1-5-9(11)6-10(7-9)8(2,3)4/h11H,5-7H2,1-4H3. The molecule has 0 aromatic heterocycles. The van der Waals surface area contributed by atoms with Crippen molar-refractivity contribution >= 4 is 0 Å². The molecule has 0 bridgehead atoms. The summed E-state index contributed by atoms with van der Waals surface area (Å²) in [5, 5.41) is 9.71. The van der Waals surface area contributed by atoms with Gasteiger partial charge in [-0.2, -0.15) is 0 Å². The highest BCUT2D eigenvalue weighted by molar-refractivity contribution is 4.99. The van der Waals surface area contributed by atoms with Crippen LogP contribution in [-0.2, 0) is 0 Å². The molecule has 1 saturated heterocycles. The molecule has 1 heterocycles. The Morgan fingerprint density at radius 3 is 2.09 bits per heavy atom. The van der Waals surface area contributed by atoms with Crippen molar-refractivity contribution in [3.05, 3.63) is 0 Å². The van der Waals surface area contributed by atoms with Crippen molar-refractivity contribution in [2.24, 2.45) is 0 Å². The summed E-state index contributed by atoms with van der Waals surface area (Å²) < 4.78 is 0. The van der Waals surface area contributed by atoms with Crippen LogP contribution in [0.4, 0.5) is 0 Å². The van der Waals surface area contributed by atoms with E-state index in [0.717, 1.165) is 19.5 Å². The predicted octanol–water partition coefficient (Wildman–Crippen LogP) is 1.24. The predicted molar refractivity (Wildman–Crippen MR) is 46.6 cm³/mol. The molecule has 1 rings (SSSR count).